The normalized spacial score (nSPS) is 13.1. The molecule has 0 spiro atoms. The SMILES string of the molecule is CCc1cc(C[C@@H](CBr)[C@@H](CBr)Cc2ccc(OC)c(OC)c2)ccc1OC. The highest BCUT2D eigenvalue weighted by Crippen LogP contribution is 2.32. The van der Waals surface area contributed by atoms with Crippen molar-refractivity contribution in [2.24, 2.45) is 11.8 Å². The number of hydrogen-bond donors (Lipinski definition) is 0. The summed E-state index contributed by atoms with van der Waals surface area (Å²) in [5.74, 6) is 3.55. The number of hydrogen-bond acceptors (Lipinski definition) is 3. The largest absolute Gasteiger partial charge is 0.496 e. The number of halogens is 2. The molecule has 2 aromatic carbocycles. The van der Waals surface area contributed by atoms with Crippen molar-refractivity contribution in [1.29, 1.82) is 0 Å². The van der Waals surface area contributed by atoms with Crippen molar-refractivity contribution in [3.63, 3.8) is 0 Å². The van der Waals surface area contributed by atoms with Crippen LogP contribution in [0.1, 0.15) is 23.6 Å². The van der Waals surface area contributed by atoms with Crippen molar-refractivity contribution in [3.05, 3.63) is 53.1 Å². The van der Waals surface area contributed by atoms with Gasteiger partial charge in [-0.3, -0.25) is 0 Å². The van der Waals surface area contributed by atoms with Crippen LogP contribution in [0.2, 0.25) is 0 Å². The molecule has 0 radical (unpaired) electrons. The van der Waals surface area contributed by atoms with E-state index in [1.165, 1.54) is 16.7 Å². The fraction of sp³-hybridized carbons (Fsp3) is 0.478. The van der Waals surface area contributed by atoms with E-state index in [-0.39, 0.29) is 0 Å². The monoisotopic (exact) mass is 512 g/mol. The molecule has 28 heavy (non-hydrogen) atoms. The molecule has 0 N–H and O–H groups in total. The number of methoxy groups -OCH3 is 3. The van der Waals surface area contributed by atoms with Crippen LogP contribution >= 0.6 is 31.9 Å². The summed E-state index contributed by atoms with van der Waals surface area (Å²) >= 11 is 7.50. The third-order valence-electron chi connectivity index (χ3n) is 5.23. The smallest absolute Gasteiger partial charge is 0.160 e. The van der Waals surface area contributed by atoms with Crippen molar-refractivity contribution in [2.45, 2.75) is 26.2 Å². The summed E-state index contributed by atoms with van der Waals surface area (Å²) in [4.78, 5) is 0. The lowest BCUT2D eigenvalue weighted by atomic mass is 9.85. The minimum atomic E-state index is 0.504. The predicted molar refractivity (Wildman–Crippen MR) is 124 cm³/mol. The van der Waals surface area contributed by atoms with Crippen LogP contribution in [0.5, 0.6) is 17.2 Å². The summed E-state index contributed by atoms with van der Waals surface area (Å²) < 4.78 is 16.3. The first-order chi connectivity index (χ1) is 13.6. The zero-order valence-corrected chi connectivity index (χ0v) is 20.3. The van der Waals surface area contributed by atoms with Gasteiger partial charge in [-0.15, -0.1) is 0 Å². The zero-order valence-electron chi connectivity index (χ0n) is 17.1. The molecule has 0 aromatic heterocycles. The molecular formula is C23H30Br2O3. The average Bonchev–Trinajstić information content (AvgIpc) is 2.75. The minimum Gasteiger partial charge on any atom is -0.496 e. The molecule has 2 atom stereocenters. The molecular weight excluding hydrogens is 484 g/mol. The van der Waals surface area contributed by atoms with Gasteiger partial charge in [0.1, 0.15) is 5.75 Å². The van der Waals surface area contributed by atoms with E-state index in [4.69, 9.17) is 14.2 Å². The van der Waals surface area contributed by atoms with Gasteiger partial charge in [-0.05, 0) is 66.0 Å². The number of benzene rings is 2. The Morgan fingerprint density at radius 3 is 1.68 bits per heavy atom. The second kappa shape index (κ2) is 11.7. The van der Waals surface area contributed by atoms with Gasteiger partial charge in [-0.2, -0.15) is 0 Å². The molecule has 0 fully saturated rings. The number of alkyl halides is 2. The van der Waals surface area contributed by atoms with E-state index >= 15 is 0 Å². The molecule has 0 heterocycles. The summed E-state index contributed by atoms with van der Waals surface area (Å²) in [5, 5.41) is 1.92. The van der Waals surface area contributed by atoms with Gasteiger partial charge in [0.15, 0.2) is 11.5 Å². The lowest BCUT2D eigenvalue weighted by Crippen LogP contribution is -2.22. The lowest BCUT2D eigenvalue weighted by Gasteiger charge is -2.25. The van der Waals surface area contributed by atoms with Crippen LogP contribution < -0.4 is 14.2 Å². The first kappa shape index (κ1) is 23.1. The summed E-state index contributed by atoms with van der Waals surface area (Å²) in [6.45, 7) is 2.17. The maximum atomic E-state index is 5.47. The summed E-state index contributed by atoms with van der Waals surface area (Å²) in [5.41, 5.74) is 3.89. The van der Waals surface area contributed by atoms with Gasteiger partial charge in [0.05, 0.1) is 21.3 Å². The number of rotatable bonds is 11. The maximum absolute atomic E-state index is 5.47. The molecule has 0 bridgehead atoms. The van der Waals surface area contributed by atoms with E-state index in [1.54, 1.807) is 21.3 Å². The van der Waals surface area contributed by atoms with Crippen LogP contribution in [0.4, 0.5) is 0 Å². The van der Waals surface area contributed by atoms with Crippen molar-refractivity contribution < 1.29 is 14.2 Å². The Labute approximate surface area is 186 Å². The third kappa shape index (κ3) is 5.90. The van der Waals surface area contributed by atoms with Crippen LogP contribution in [0.15, 0.2) is 36.4 Å². The molecule has 0 aliphatic rings. The standard InChI is InChI=1S/C23H30Br2O3/c1-5-18-10-16(6-8-21(18)26-2)11-19(14-24)20(15-25)12-17-7-9-22(27-3)23(13-17)28-4/h6-10,13,19-20H,5,11-12,14-15H2,1-4H3/t19-,20+/m0/s1. The first-order valence-corrected chi connectivity index (χ1v) is 11.8. The molecule has 2 aromatic rings. The highest BCUT2D eigenvalue weighted by molar-refractivity contribution is 9.09. The lowest BCUT2D eigenvalue weighted by molar-refractivity contribution is 0.353. The molecule has 0 aliphatic heterocycles. The van der Waals surface area contributed by atoms with Crippen LogP contribution in [-0.4, -0.2) is 32.0 Å². The van der Waals surface area contributed by atoms with Gasteiger partial charge in [-0.1, -0.05) is 57.0 Å². The van der Waals surface area contributed by atoms with Crippen molar-refractivity contribution >= 4 is 31.9 Å². The van der Waals surface area contributed by atoms with Gasteiger partial charge in [0.25, 0.3) is 0 Å². The van der Waals surface area contributed by atoms with Crippen molar-refractivity contribution in [2.75, 3.05) is 32.0 Å². The van der Waals surface area contributed by atoms with E-state index in [0.29, 0.717) is 11.8 Å². The van der Waals surface area contributed by atoms with Gasteiger partial charge < -0.3 is 14.2 Å². The summed E-state index contributed by atoms with van der Waals surface area (Å²) in [7, 11) is 5.08. The molecule has 2 rings (SSSR count). The second-order valence-electron chi connectivity index (χ2n) is 6.93. The van der Waals surface area contributed by atoms with E-state index in [0.717, 1.165) is 47.2 Å². The van der Waals surface area contributed by atoms with Crippen LogP contribution in [0, 0.1) is 11.8 Å². The van der Waals surface area contributed by atoms with Gasteiger partial charge in [-0.25, -0.2) is 0 Å². The Kier molecular flexibility index (Phi) is 9.66. The van der Waals surface area contributed by atoms with E-state index in [9.17, 15) is 0 Å². The van der Waals surface area contributed by atoms with Gasteiger partial charge in [0, 0.05) is 10.7 Å². The Bertz CT molecular complexity index is 685. The molecule has 0 saturated carbocycles. The average molecular weight is 514 g/mol. The summed E-state index contributed by atoms with van der Waals surface area (Å²) in [6, 6.07) is 12.8. The van der Waals surface area contributed by atoms with Crippen molar-refractivity contribution in [1.82, 2.24) is 0 Å². The van der Waals surface area contributed by atoms with Crippen molar-refractivity contribution in [3.8, 4) is 17.2 Å². The molecule has 154 valence electrons. The zero-order chi connectivity index (χ0) is 20.5. The fourth-order valence-electron chi connectivity index (χ4n) is 3.54. The highest BCUT2D eigenvalue weighted by Gasteiger charge is 2.22. The van der Waals surface area contributed by atoms with Crippen LogP contribution in [0.25, 0.3) is 0 Å². The molecule has 0 amide bonds. The second-order valence-corrected chi connectivity index (χ2v) is 8.22. The topological polar surface area (TPSA) is 27.7 Å². The van der Waals surface area contributed by atoms with Crippen LogP contribution in [-0.2, 0) is 19.3 Å². The number of aryl methyl sites for hydroxylation is 1. The molecule has 3 nitrogen and oxygen atoms in total. The Morgan fingerprint density at radius 2 is 1.21 bits per heavy atom. The predicted octanol–water partition coefficient (Wildman–Crippen LogP) is 6.08. The van der Waals surface area contributed by atoms with Gasteiger partial charge in [0.2, 0.25) is 0 Å². The summed E-state index contributed by atoms with van der Waals surface area (Å²) in [6.07, 6.45) is 2.99. The first-order valence-electron chi connectivity index (χ1n) is 9.58. The quantitative estimate of drug-likeness (QED) is 0.340. The maximum Gasteiger partial charge on any atom is 0.160 e. The van der Waals surface area contributed by atoms with E-state index in [2.05, 4.69) is 69.1 Å². The minimum absolute atomic E-state index is 0.504. The third-order valence-corrected chi connectivity index (χ3v) is 6.90. The Balaban J connectivity index is 2.17. The van der Waals surface area contributed by atoms with Gasteiger partial charge >= 0.3 is 0 Å². The Hall–Kier alpha value is -1.20. The Morgan fingerprint density at radius 1 is 0.714 bits per heavy atom. The fourth-order valence-corrected chi connectivity index (χ4v) is 5.06. The molecule has 5 heteroatoms. The molecule has 0 saturated heterocycles. The van der Waals surface area contributed by atoms with E-state index < -0.39 is 0 Å². The van der Waals surface area contributed by atoms with Crippen LogP contribution in [0.3, 0.4) is 0 Å². The van der Waals surface area contributed by atoms with E-state index in [1.807, 2.05) is 6.07 Å². The number of ether oxygens (including phenoxy) is 3. The highest BCUT2D eigenvalue weighted by atomic mass is 79.9. The molecule has 0 aliphatic carbocycles. The molecule has 0 unspecified atom stereocenters.